The van der Waals surface area contributed by atoms with E-state index in [1.54, 1.807) is 6.08 Å². The number of nitriles is 1. The fraction of sp³-hybridized carbons (Fsp3) is 0.308. The minimum absolute atomic E-state index is 0.312. The number of hydrogen-bond donors (Lipinski definition) is 0. The third-order valence-corrected chi connectivity index (χ3v) is 2.56. The molecule has 0 N–H and O–H groups in total. The van der Waals surface area contributed by atoms with Gasteiger partial charge in [0.05, 0.1) is 6.07 Å². The van der Waals surface area contributed by atoms with Gasteiger partial charge in [-0.3, -0.25) is 0 Å². The summed E-state index contributed by atoms with van der Waals surface area (Å²) >= 11 is 0. The summed E-state index contributed by atoms with van der Waals surface area (Å²) in [5.74, 6) is 1.63. The Balaban J connectivity index is 2.01. The molecule has 1 heterocycles. The van der Waals surface area contributed by atoms with E-state index in [0.29, 0.717) is 6.79 Å². The summed E-state index contributed by atoms with van der Waals surface area (Å²) in [5.41, 5.74) is 2.30. The van der Waals surface area contributed by atoms with Gasteiger partial charge >= 0.3 is 0 Å². The van der Waals surface area contributed by atoms with E-state index >= 15 is 0 Å². The van der Waals surface area contributed by atoms with E-state index < -0.39 is 0 Å². The molecule has 0 saturated heterocycles. The second kappa shape index (κ2) is 4.71. The van der Waals surface area contributed by atoms with E-state index in [9.17, 15) is 0 Å². The fourth-order valence-corrected chi connectivity index (χ4v) is 1.62. The van der Waals surface area contributed by atoms with Crippen LogP contribution in [0.4, 0.5) is 0 Å². The first kappa shape index (κ1) is 10.6. The van der Waals surface area contributed by atoms with Crippen LogP contribution in [0.25, 0.3) is 0 Å². The second-order valence-electron chi connectivity index (χ2n) is 3.81. The first-order valence-corrected chi connectivity index (χ1v) is 5.23. The zero-order valence-electron chi connectivity index (χ0n) is 9.19. The molecule has 1 aliphatic heterocycles. The van der Waals surface area contributed by atoms with E-state index in [2.05, 4.69) is 0 Å². The van der Waals surface area contributed by atoms with Crippen molar-refractivity contribution in [3.8, 4) is 17.6 Å². The van der Waals surface area contributed by atoms with Gasteiger partial charge in [-0.2, -0.15) is 5.26 Å². The van der Waals surface area contributed by atoms with Gasteiger partial charge in [0, 0.05) is 6.08 Å². The van der Waals surface area contributed by atoms with Crippen LogP contribution >= 0.6 is 0 Å². The van der Waals surface area contributed by atoms with Crippen LogP contribution in [-0.4, -0.2) is 6.79 Å². The number of hydrogen-bond acceptors (Lipinski definition) is 3. The summed E-state index contributed by atoms with van der Waals surface area (Å²) in [6, 6.07) is 8.01. The summed E-state index contributed by atoms with van der Waals surface area (Å²) in [4.78, 5) is 0. The normalized spacial score (nSPS) is 13.6. The van der Waals surface area contributed by atoms with E-state index in [1.807, 2.05) is 31.2 Å². The quantitative estimate of drug-likeness (QED) is 0.728. The van der Waals surface area contributed by atoms with Crippen molar-refractivity contribution in [2.24, 2.45) is 0 Å². The predicted molar refractivity (Wildman–Crippen MR) is 60.3 cm³/mol. The monoisotopic (exact) mass is 215 g/mol. The standard InChI is InChI=1S/C13H13NO2/c1-10(6-7-14)2-3-11-4-5-12-13(8-11)16-9-15-12/h4-6,8H,2-3,9H2,1H3. The van der Waals surface area contributed by atoms with Crippen LogP contribution in [0, 0.1) is 11.3 Å². The third-order valence-electron chi connectivity index (χ3n) is 2.56. The molecule has 1 aliphatic rings. The summed E-state index contributed by atoms with van der Waals surface area (Å²) in [6.45, 7) is 2.28. The average Bonchev–Trinajstić information content (AvgIpc) is 2.74. The van der Waals surface area contributed by atoms with E-state index in [-0.39, 0.29) is 0 Å². The Kier molecular flexibility index (Phi) is 3.11. The molecule has 0 radical (unpaired) electrons. The zero-order valence-corrected chi connectivity index (χ0v) is 9.19. The summed E-state index contributed by atoms with van der Waals surface area (Å²) in [7, 11) is 0. The van der Waals surface area contributed by atoms with Crippen molar-refractivity contribution in [3.63, 3.8) is 0 Å². The van der Waals surface area contributed by atoms with Crippen molar-refractivity contribution in [3.05, 3.63) is 35.4 Å². The Morgan fingerprint density at radius 2 is 2.25 bits per heavy atom. The number of ether oxygens (including phenoxy) is 2. The Hall–Kier alpha value is -1.95. The molecule has 0 amide bonds. The van der Waals surface area contributed by atoms with Crippen molar-refractivity contribution in [1.82, 2.24) is 0 Å². The molecule has 0 atom stereocenters. The molecule has 0 aliphatic carbocycles. The smallest absolute Gasteiger partial charge is 0.231 e. The third kappa shape index (κ3) is 2.34. The number of aryl methyl sites for hydroxylation is 1. The lowest BCUT2D eigenvalue weighted by atomic mass is 10.1. The summed E-state index contributed by atoms with van der Waals surface area (Å²) in [6.07, 6.45) is 3.40. The average molecular weight is 215 g/mol. The van der Waals surface area contributed by atoms with Crippen molar-refractivity contribution in [1.29, 1.82) is 5.26 Å². The molecular weight excluding hydrogens is 202 g/mol. The predicted octanol–water partition coefficient (Wildman–Crippen LogP) is 2.82. The summed E-state index contributed by atoms with van der Waals surface area (Å²) < 4.78 is 10.5. The van der Waals surface area contributed by atoms with E-state index in [1.165, 1.54) is 5.56 Å². The molecule has 0 spiro atoms. The van der Waals surface area contributed by atoms with Gasteiger partial charge in [0.2, 0.25) is 6.79 Å². The highest BCUT2D eigenvalue weighted by Crippen LogP contribution is 2.32. The molecule has 2 rings (SSSR count). The molecule has 3 nitrogen and oxygen atoms in total. The minimum atomic E-state index is 0.312. The highest BCUT2D eigenvalue weighted by molar-refractivity contribution is 5.44. The molecule has 82 valence electrons. The number of nitrogens with zero attached hydrogens (tertiary/aromatic N) is 1. The van der Waals surface area contributed by atoms with Gasteiger partial charge in [-0.15, -0.1) is 0 Å². The SMILES string of the molecule is CC(=CC#N)CCc1ccc2c(c1)OCO2. The van der Waals surface area contributed by atoms with Crippen molar-refractivity contribution in [2.45, 2.75) is 19.8 Å². The summed E-state index contributed by atoms with van der Waals surface area (Å²) in [5, 5.41) is 8.50. The first-order valence-electron chi connectivity index (χ1n) is 5.23. The van der Waals surface area contributed by atoms with Gasteiger partial charge in [-0.25, -0.2) is 0 Å². The largest absolute Gasteiger partial charge is 0.454 e. The van der Waals surface area contributed by atoms with E-state index in [0.717, 1.165) is 29.9 Å². The maximum Gasteiger partial charge on any atom is 0.231 e. The molecule has 1 aromatic rings. The fourth-order valence-electron chi connectivity index (χ4n) is 1.62. The first-order chi connectivity index (χ1) is 7.79. The lowest BCUT2D eigenvalue weighted by Crippen LogP contribution is -1.93. The molecule has 0 fully saturated rings. The molecule has 0 saturated carbocycles. The zero-order chi connectivity index (χ0) is 11.4. The van der Waals surface area contributed by atoms with Gasteiger partial charge in [-0.1, -0.05) is 11.6 Å². The Morgan fingerprint density at radius 3 is 3.06 bits per heavy atom. The highest BCUT2D eigenvalue weighted by Gasteiger charge is 2.12. The maximum absolute atomic E-state index is 8.50. The molecule has 0 bridgehead atoms. The Labute approximate surface area is 94.9 Å². The molecule has 3 heteroatoms. The Bertz CT molecular complexity index is 457. The van der Waals surface area contributed by atoms with Crippen LogP contribution in [0.5, 0.6) is 11.5 Å². The Morgan fingerprint density at radius 1 is 1.44 bits per heavy atom. The van der Waals surface area contributed by atoms with Gasteiger partial charge < -0.3 is 9.47 Å². The van der Waals surface area contributed by atoms with Crippen LogP contribution in [0.15, 0.2) is 29.8 Å². The van der Waals surface area contributed by atoms with Gasteiger partial charge in [0.25, 0.3) is 0 Å². The molecular formula is C13H13NO2. The van der Waals surface area contributed by atoms with Crippen LogP contribution in [0.1, 0.15) is 18.9 Å². The minimum Gasteiger partial charge on any atom is -0.454 e. The lowest BCUT2D eigenvalue weighted by Gasteiger charge is -2.02. The molecule has 0 aromatic heterocycles. The second-order valence-corrected chi connectivity index (χ2v) is 3.81. The highest BCUT2D eigenvalue weighted by atomic mass is 16.7. The molecule has 16 heavy (non-hydrogen) atoms. The number of fused-ring (bicyclic) bond motifs is 1. The van der Waals surface area contributed by atoms with Crippen molar-refractivity contribution < 1.29 is 9.47 Å². The van der Waals surface area contributed by atoms with Crippen molar-refractivity contribution >= 4 is 0 Å². The van der Waals surface area contributed by atoms with Gasteiger partial charge in [-0.05, 0) is 37.5 Å². The van der Waals surface area contributed by atoms with Crippen LogP contribution in [-0.2, 0) is 6.42 Å². The van der Waals surface area contributed by atoms with Crippen LogP contribution in [0.3, 0.4) is 0 Å². The lowest BCUT2D eigenvalue weighted by molar-refractivity contribution is 0.174. The van der Waals surface area contributed by atoms with E-state index in [4.69, 9.17) is 14.7 Å². The van der Waals surface area contributed by atoms with Gasteiger partial charge in [0.1, 0.15) is 0 Å². The topological polar surface area (TPSA) is 42.2 Å². The number of benzene rings is 1. The van der Waals surface area contributed by atoms with Crippen LogP contribution < -0.4 is 9.47 Å². The van der Waals surface area contributed by atoms with Gasteiger partial charge in [0.15, 0.2) is 11.5 Å². The maximum atomic E-state index is 8.50. The number of allylic oxidation sites excluding steroid dienone is 2. The van der Waals surface area contributed by atoms with Crippen molar-refractivity contribution in [2.75, 3.05) is 6.79 Å². The number of rotatable bonds is 3. The van der Waals surface area contributed by atoms with Crippen LogP contribution in [0.2, 0.25) is 0 Å². The molecule has 0 unspecified atom stereocenters. The molecule has 1 aromatic carbocycles.